The van der Waals surface area contributed by atoms with Crippen LogP contribution in [0.4, 0.5) is 0 Å². The van der Waals surface area contributed by atoms with Crippen LogP contribution in [0.3, 0.4) is 0 Å². The highest BCUT2D eigenvalue weighted by atomic mass is 79.9. The fraction of sp³-hybridized carbons (Fsp3) is 0.333. The lowest BCUT2D eigenvalue weighted by atomic mass is 9.83. The van der Waals surface area contributed by atoms with E-state index in [1.54, 1.807) is 24.3 Å². The van der Waals surface area contributed by atoms with E-state index < -0.39 is 17.4 Å². The van der Waals surface area contributed by atoms with Crippen LogP contribution in [0.15, 0.2) is 28.7 Å². The second-order valence-corrected chi connectivity index (χ2v) is 4.84. The molecule has 0 heterocycles. The molecule has 1 rings (SSSR count). The number of carbonyl (C=O) groups excluding carboxylic acids is 1. The minimum Gasteiger partial charge on any atom is -0.480 e. The Morgan fingerprint density at radius 3 is 2.59 bits per heavy atom. The van der Waals surface area contributed by atoms with E-state index >= 15 is 0 Å². The Morgan fingerprint density at radius 2 is 2.12 bits per heavy atom. The highest BCUT2D eigenvalue weighted by molar-refractivity contribution is 9.10. The van der Waals surface area contributed by atoms with E-state index in [4.69, 9.17) is 4.74 Å². The summed E-state index contributed by atoms with van der Waals surface area (Å²) in [5.74, 6) is -1.52. The first-order chi connectivity index (χ1) is 7.86. The van der Waals surface area contributed by atoms with Crippen molar-refractivity contribution < 1.29 is 19.4 Å². The predicted molar refractivity (Wildman–Crippen MR) is 65.8 cm³/mol. The van der Waals surface area contributed by atoms with Gasteiger partial charge < -0.3 is 9.84 Å². The molecule has 92 valence electrons. The third-order valence-electron chi connectivity index (χ3n) is 2.50. The summed E-state index contributed by atoms with van der Waals surface area (Å²) in [6.07, 6.45) is 0. The highest BCUT2D eigenvalue weighted by Crippen LogP contribution is 2.27. The van der Waals surface area contributed by atoms with Gasteiger partial charge in [-0.15, -0.1) is 0 Å². The number of carbonyl (C=O) groups is 2. The van der Waals surface area contributed by atoms with Gasteiger partial charge in [0.05, 0.1) is 0 Å². The molecule has 4 nitrogen and oxygen atoms in total. The van der Waals surface area contributed by atoms with Crippen molar-refractivity contribution in [2.75, 3.05) is 6.61 Å². The molecule has 0 aliphatic rings. The SMILES string of the molecule is CC(=O)OCC(C)(C(=O)O)c1cccc(Br)c1. The third-order valence-corrected chi connectivity index (χ3v) is 2.99. The number of hydrogen-bond donors (Lipinski definition) is 1. The van der Waals surface area contributed by atoms with Crippen molar-refractivity contribution in [3.8, 4) is 0 Å². The molecular formula is C12H13BrO4. The van der Waals surface area contributed by atoms with Crippen LogP contribution in [0.2, 0.25) is 0 Å². The summed E-state index contributed by atoms with van der Waals surface area (Å²) in [4.78, 5) is 22.1. The number of carboxylic acid groups (broad SMARTS) is 1. The summed E-state index contributed by atoms with van der Waals surface area (Å²) in [7, 11) is 0. The summed E-state index contributed by atoms with van der Waals surface area (Å²) in [6, 6.07) is 6.95. The van der Waals surface area contributed by atoms with Crippen LogP contribution in [-0.2, 0) is 19.7 Å². The van der Waals surface area contributed by atoms with Crippen molar-refractivity contribution in [1.82, 2.24) is 0 Å². The number of aliphatic carboxylic acids is 1. The normalized spacial score (nSPS) is 13.8. The summed E-state index contributed by atoms with van der Waals surface area (Å²) in [6.45, 7) is 2.59. The standard InChI is InChI=1S/C12H13BrO4/c1-8(14)17-7-12(2,11(15)16)9-4-3-5-10(13)6-9/h3-6H,7H2,1-2H3,(H,15,16). The van der Waals surface area contributed by atoms with Gasteiger partial charge in [-0.1, -0.05) is 28.1 Å². The molecule has 1 N–H and O–H groups in total. The molecule has 1 atom stereocenters. The predicted octanol–water partition coefficient (Wildman–Crippen LogP) is 2.35. The molecule has 17 heavy (non-hydrogen) atoms. The Morgan fingerprint density at radius 1 is 1.47 bits per heavy atom. The molecule has 1 unspecified atom stereocenters. The van der Waals surface area contributed by atoms with E-state index in [0.717, 1.165) is 4.47 Å². The minimum atomic E-state index is -1.24. The van der Waals surface area contributed by atoms with Crippen molar-refractivity contribution in [1.29, 1.82) is 0 Å². The lowest BCUT2D eigenvalue weighted by Crippen LogP contribution is -2.38. The molecule has 0 fully saturated rings. The maximum Gasteiger partial charge on any atom is 0.317 e. The van der Waals surface area contributed by atoms with Gasteiger partial charge in [0.1, 0.15) is 12.0 Å². The van der Waals surface area contributed by atoms with E-state index in [0.29, 0.717) is 5.56 Å². The molecular weight excluding hydrogens is 288 g/mol. The second kappa shape index (κ2) is 5.31. The number of rotatable bonds is 4. The topological polar surface area (TPSA) is 63.6 Å². The third kappa shape index (κ3) is 3.30. The van der Waals surface area contributed by atoms with Gasteiger partial charge in [0.2, 0.25) is 0 Å². The molecule has 0 aromatic heterocycles. The van der Waals surface area contributed by atoms with Gasteiger partial charge in [0.25, 0.3) is 0 Å². The zero-order valence-electron chi connectivity index (χ0n) is 9.57. The molecule has 0 bridgehead atoms. The smallest absolute Gasteiger partial charge is 0.317 e. The molecule has 0 aliphatic carbocycles. The highest BCUT2D eigenvalue weighted by Gasteiger charge is 2.36. The molecule has 0 radical (unpaired) electrons. The first-order valence-electron chi connectivity index (χ1n) is 4.99. The van der Waals surface area contributed by atoms with Crippen molar-refractivity contribution in [3.63, 3.8) is 0 Å². The van der Waals surface area contributed by atoms with Crippen LogP contribution in [0.1, 0.15) is 19.4 Å². The van der Waals surface area contributed by atoms with E-state index in [9.17, 15) is 14.7 Å². The van der Waals surface area contributed by atoms with Crippen molar-refractivity contribution in [3.05, 3.63) is 34.3 Å². The second-order valence-electron chi connectivity index (χ2n) is 3.93. The van der Waals surface area contributed by atoms with Crippen LogP contribution in [0.5, 0.6) is 0 Å². The maximum absolute atomic E-state index is 11.3. The van der Waals surface area contributed by atoms with E-state index in [1.165, 1.54) is 13.8 Å². The summed E-state index contributed by atoms with van der Waals surface area (Å²) < 4.78 is 5.61. The number of ether oxygens (including phenoxy) is 1. The van der Waals surface area contributed by atoms with Crippen LogP contribution >= 0.6 is 15.9 Å². The van der Waals surface area contributed by atoms with Gasteiger partial charge in [0.15, 0.2) is 0 Å². The van der Waals surface area contributed by atoms with Gasteiger partial charge in [-0.2, -0.15) is 0 Å². The first-order valence-corrected chi connectivity index (χ1v) is 5.78. The summed E-state index contributed by atoms with van der Waals surface area (Å²) >= 11 is 3.28. The molecule has 1 aromatic carbocycles. The van der Waals surface area contributed by atoms with Crippen LogP contribution in [0.25, 0.3) is 0 Å². The minimum absolute atomic E-state index is 0.186. The molecule has 0 saturated carbocycles. The Balaban J connectivity index is 3.07. The maximum atomic E-state index is 11.3. The number of esters is 1. The Bertz CT molecular complexity index is 444. The number of hydrogen-bond acceptors (Lipinski definition) is 3. The van der Waals surface area contributed by atoms with Gasteiger partial charge in [-0.3, -0.25) is 9.59 Å². The van der Waals surface area contributed by atoms with Gasteiger partial charge >= 0.3 is 11.9 Å². The number of halogens is 1. The van der Waals surface area contributed by atoms with Crippen LogP contribution < -0.4 is 0 Å². The average molecular weight is 301 g/mol. The molecule has 0 aliphatic heterocycles. The lowest BCUT2D eigenvalue weighted by Gasteiger charge is -2.24. The summed E-state index contributed by atoms with van der Waals surface area (Å²) in [5.41, 5.74) is -0.657. The van der Waals surface area contributed by atoms with Crippen molar-refractivity contribution in [2.45, 2.75) is 19.3 Å². The fourth-order valence-corrected chi connectivity index (χ4v) is 1.75. The monoisotopic (exact) mass is 300 g/mol. The van der Waals surface area contributed by atoms with E-state index in [-0.39, 0.29) is 6.61 Å². The zero-order valence-corrected chi connectivity index (χ0v) is 11.2. The largest absolute Gasteiger partial charge is 0.480 e. The van der Waals surface area contributed by atoms with Crippen molar-refractivity contribution in [2.24, 2.45) is 0 Å². The van der Waals surface area contributed by atoms with Crippen LogP contribution in [0, 0.1) is 0 Å². The average Bonchev–Trinajstić information content (AvgIpc) is 2.25. The molecule has 0 amide bonds. The Labute approximate surface area is 108 Å². The van der Waals surface area contributed by atoms with E-state index in [2.05, 4.69) is 15.9 Å². The summed E-state index contributed by atoms with van der Waals surface area (Å²) in [5, 5.41) is 9.28. The quantitative estimate of drug-likeness (QED) is 0.867. The Kier molecular flexibility index (Phi) is 4.28. The molecule has 0 spiro atoms. The molecule has 0 saturated heterocycles. The van der Waals surface area contributed by atoms with Crippen molar-refractivity contribution >= 4 is 27.9 Å². The van der Waals surface area contributed by atoms with Crippen LogP contribution in [-0.4, -0.2) is 23.7 Å². The zero-order chi connectivity index (χ0) is 13.1. The number of benzene rings is 1. The molecule has 1 aromatic rings. The first kappa shape index (κ1) is 13.7. The van der Waals surface area contributed by atoms with Gasteiger partial charge in [0, 0.05) is 11.4 Å². The lowest BCUT2D eigenvalue weighted by molar-refractivity contribution is -0.151. The van der Waals surface area contributed by atoms with Gasteiger partial charge in [-0.25, -0.2) is 0 Å². The van der Waals surface area contributed by atoms with Gasteiger partial charge in [-0.05, 0) is 24.6 Å². The fourth-order valence-electron chi connectivity index (χ4n) is 1.35. The molecule has 5 heteroatoms. The Hall–Kier alpha value is -1.36. The number of carboxylic acids is 1. The van der Waals surface area contributed by atoms with E-state index in [1.807, 2.05) is 0 Å².